The van der Waals surface area contributed by atoms with E-state index in [-0.39, 0.29) is 18.0 Å². The van der Waals surface area contributed by atoms with Gasteiger partial charge in [-0.1, -0.05) is 28.1 Å². The van der Waals surface area contributed by atoms with Crippen molar-refractivity contribution < 1.29 is 4.79 Å². The molecule has 2 unspecified atom stereocenters. The number of nitrogens with zero attached hydrogens (tertiary/aromatic N) is 1. The molecule has 104 valence electrons. The lowest BCUT2D eigenvalue weighted by atomic mass is 9.96. The van der Waals surface area contributed by atoms with Crippen LogP contribution in [0.4, 0.5) is 0 Å². The van der Waals surface area contributed by atoms with E-state index in [9.17, 15) is 4.79 Å². The van der Waals surface area contributed by atoms with E-state index in [2.05, 4.69) is 15.9 Å². The molecule has 0 aromatic heterocycles. The van der Waals surface area contributed by atoms with Gasteiger partial charge in [-0.05, 0) is 43.9 Å². The van der Waals surface area contributed by atoms with E-state index in [0.29, 0.717) is 6.42 Å². The lowest BCUT2D eigenvalue weighted by Gasteiger charge is -2.38. The number of nitrogens with two attached hydrogens (primary N) is 1. The molecular formula is C15H21BrN2O. The summed E-state index contributed by atoms with van der Waals surface area (Å²) in [6.07, 6.45) is 3.75. The highest BCUT2D eigenvalue weighted by atomic mass is 79.9. The van der Waals surface area contributed by atoms with Crippen molar-refractivity contribution >= 4 is 21.8 Å². The second kappa shape index (κ2) is 6.53. The Morgan fingerprint density at radius 3 is 3.00 bits per heavy atom. The van der Waals surface area contributed by atoms with Crippen molar-refractivity contribution in [3.8, 4) is 0 Å². The van der Waals surface area contributed by atoms with Crippen LogP contribution >= 0.6 is 15.9 Å². The molecule has 3 nitrogen and oxygen atoms in total. The number of amides is 1. The lowest BCUT2D eigenvalue weighted by Crippen LogP contribution is -2.52. The summed E-state index contributed by atoms with van der Waals surface area (Å²) in [5.74, 6) is 0.195. The Morgan fingerprint density at radius 2 is 2.32 bits per heavy atom. The van der Waals surface area contributed by atoms with Crippen LogP contribution in [-0.4, -0.2) is 29.4 Å². The average molecular weight is 325 g/mol. The third-order valence-electron chi connectivity index (χ3n) is 3.72. The second-order valence-electron chi connectivity index (χ2n) is 5.32. The highest BCUT2D eigenvalue weighted by Gasteiger charge is 2.28. The molecule has 19 heavy (non-hydrogen) atoms. The quantitative estimate of drug-likeness (QED) is 0.929. The molecule has 0 spiro atoms. The van der Waals surface area contributed by atoms with Crippen LogP contribution in [-0.2, 0) is 11.2 Å². The van der Waals surface area contributed by atoms with Gasteiger partial charge in [-0.15, -0.1) is 0 Å². The molecule has 1 aromatic carbocycles. The van der Waals surface area contributed by atoms with E-state index in [0.717, 1.165) is 29.4 Å². The summed E-state index contributed by atoms with van der Waals surface area (Å²) in [6, 6.07) is 8.18. The van der Waals surface area contributed by atoms with Crippen LogP contribution in [0, 0.1) is 0 Å². The number of hydrogen-bond acceptors (Lipinski definition) is 2. The molecule has 1 aliphatic rings. The average Bonchev–Trinajstić information content (AvgIpc) is 2.38. The van der Waals surface area contributed by atoms with Gasteiger partial charge < -0.3 is 10.6 Å². The molecule has 4 heteroatoms. The fourth-order valence-corrected chi connectivity index (χ4v) is 3.18. The molecule has 1 aliphatic heterocycles. The van der Waals surface area contributed by atoms with Crippen LogP contribution in [0.2, 0.25) is 0 Å². The summed E-state index contributed by atoms with van der Waals surface area (Å²) in [5, 5.41) is 0. The molecular weight excluding hydrogens is 304 g/mol. The molecule has 0 aliphatic carbocycles. The first-order chi connectivity index (χ1) is 9.08. The van der Waals surface area contributed by atoms with Crippen LogP contribution < -0.4 is 5.73 Å². The normalized spacial score (nSPS) is 21.2. The minimum absolute atomic E-state index is 0.0479. The van der Waals surface area contributed by atoms with Crippen molar-refractivity contribution in [3.63, 3.8) is 0 Å². The number of likely N-dealkylation sites (tertiary alicyclic amines) is 1. The maximum atomic E-state index is 12.4. The van der Waals surface area contributed by atoms with Gasteiger partial charge in [0.2, 0.25) is 5.91 Å². The molecule has 1 aromatic rings. The van der Waals surface area contributed by atoms with Gasteiger partial charge in [0.15, 0.2) is 0 Å². The van der Waals surface area contributed by atoms with Gasteiger partial charge in [0.05, 0.1) is 6.42 Å². The van der Waals surface area contributed by atoms with Crippen molar-refractivity contribution in [3.05, 3.63) is 34.3 Å². The van der Waals surface area contributed by atoms with Crippen LogP contribution in [0.25, 0.3) is 0 Å². The molecule has 2 N–H and O–H groups in total. The fourth-order valence-electron chi connectivity index (χ4n) is 2.74. The van der Waals surface area contributed by atoms with Crippen molar-refractivity contribution in [1.29, 1.82) is 0 Å². The summed E-state index contributed by atoms with van der Waals surface area (Å²) >= 11 is 3.44. The Labute approximate surface area is 123 Å². The zero-order valence-corrected chi connectivity index (χ0v) is 12.9. The number of carbonyl (C=O) groups is 1. The van der Waals surface area contributed by atoms with E-state index in [1.165, 1.54) is 6.42 Å². The molecule has 2 atom stereocenters. The zero-order chi connectivity index (χ0) is 13.8. The SMILES string of the molecule is CC(N)C1CCCCN1C(=O)Cc1cccc(Br)c1. The summed E-state index contributed by atoms with van der Waals surface area (Å²) in [4.78, 5) is 14.4. The first-order valence-corrected chi connectivity index (χ1v) is 7.66. The fraction of sp³-hybridized carbons (Fsp3) is 0.533. The van der Waals surface area contributed by atoms with Gasteiger partial charge >= 0.3 is 0 Å². The Bertz CT molecular complexity index is 448. The number of piperidine rings is 1. The van der Waals surface area contributed by atoms with Gasteiger partial charge in [0, 0.05) is 23.1 Å². The highest BCUT2D eigenvalue weighted by Crippen LogP contribution is 2.21. The Balaban J connectivity index is 2.05. The summed E-state index contributed by atoms with van der Waals surface area (Å²) in [5.41, 5.74) is 7.06. The minimum Gasteiger partial charge on any atom is -0.338 e. The van der Waals surface area contributed by atoms with Crippen molar-refractivity contribution in [2.45, 2.75) is 44.7 Å². The molecule has 0 bridgehead atoms. The maximum Gasteiger partial charge on any atom is 0.227 e. The lowest BCUT2D eigenvalue weighted by molar-refractivity contribution is -0.134. The molecule has 0 radical (unpaired) electrons. The second-order valence-corrected chi connectivity index (χ2v) is 6.23. The first-order valence-electron chi connectivity index (χ1n) is 6.87. The van der Waals surface area contributed by atoms with Gasteiger partial charge in [-0.25, -0.2) is 0 Å². The van der Waals surface area contributed by atoms with Crippen molar-refractivity contribution in [2.24, 2.45) is 5.73 Å². The van der Waals surface area contributed by atoms with Crippen LogP contribution in [0.5, 0.6) is 0 Å². The van der Waals surface area contributed by atoms with E-state index in [4.69, 9.17) is 5.73 Å². The van der Waals surface area contributed by atoms with E-state index >= 15 is 0 Å². The summed E-state index contributed by atoms with van der Waals surface area (Å²) in [6.45, 7) is 2.84. The summed E-state index contributed by atoms with van der Waals surface area (Å²) in [7, 11) is 0. The van der Waals surface area contributed by atoms with E-state index in [1.54, 1.807) is 0 Å². The third kappa shape index (κ3) is 3.80. The molecule has 0 saturated carbocycles. The van der Waals surface area contributed by atoms with E-state index in [1.807, 2.05) is 36.1 Å². The third-order valence-corrected chi connectivity index (χ3v) is 4.21. The smallest absolute Gasteiger partial charge is 0.227 e. The monoisotopic (exact) mass is 324 g/mol. The standard InChI is InChI=1S/C15H21BrN2O/c1-11(17)14-7-2-3-8-18(14)15(19)10-12-5-4-6-13(16)9-12/h4-6,9,11,14H,2-3,7-8,10,17H2,1H3. The molecule has 1 heterocycles. The molecule has 2 rings (SSSR count). The molecule has 1 amide bonds. The topological polar surface area (TPSA) is 46.3 Å². The summed E-state index contributed by atoms with van der Waals surface area (Å²) < 4.78 is 1.01. The van der Waals surface area contributed by atoms with Crippen LogP contribution in [0.1, 0.15) is 31.7 Å². The van der Waals surface area contributed by atoms with Crippen LogP contribution in [0.15, 0.2) is 28.7 Å². The highest BCUT2D eigenvalue weighted by molar-refractivity contribution is 9.10. The number of carbonyl (C=O) groups excluding carboxylic acids is 1. The Hall–Kier alpha value is -0.870. The van der Waals surface area contributed by atoms with Crippen molar-refractivity contribution in [1.82, 2.24) is 4.90 Å². The molecule has 1 saturated heterocycles. The largest absolute Gasteiger partial charge is 0.338 e. The maximum absolute atomic E-state index is 12.4. The van der Waals surface area contributed by atoms with Crippen LogP contribution in [0.3, 0.4) is 0 Å². The predicted octanol–water partition coefficient (Wildman–Crippen LogP) is 2.72. The Morgan fingerprint density at radius 1 is 1.53 bits per heavy atom. The van der Waals surface area contributed by atoms with Gasteiger partial charge in [0.1, 0.15) is 0 Å². The van der Waals surface area contributed by atoms with Gasteiger partial charge in [-0.3, -0.25) is 4.79 Å². The number of rotatable bonds is 3. The first kappa shape index (κ1) is 14.5. The molecule has 1 fully saturated rings. The Kier molecular flexibility index (Phi) is 4.99. The zero-order valence-electron chi connectivity index (χ0n) is 11.3. The van der Waals surface area contributed by atoms with Gasteiger partial charge in [-0.2, -0.15) is 0 Å². The van der Waals surface area contributed by atoms with Gasteiger partial charge in [0.25, 0.3) is 0 Å². The van der Waals surface area contributed by atoms with Crippen molar-refractivity contribution in [2.75, 3.05) is 6.54 Å². The number of hydrogen-bond donors (Lipinski definition) is 1. The predicted molar refractivity (Wildman–Crippen MR) is 80.8 cm³/mol. The minimum atomic E-state index is 0.0479. The number of halogens is 1. The van der Waals surface area contributed by atoms with E-state index < -0.39 is 0 Å². The number of benzene rings is 1.